The Morgan fingerprint density at radius 1 is 1.04 bits per heavy atom. The van der Waals surface area contributed by atoms with Crippen molar-refractivity contribution >= 4 is 23.3 Å². The number of carbonyl (C=O) groups excluding carboxylic acids is 2. The summed E-state index contributed by atoms with van der Waals surface area (Å²) in [5.74, 6) is -0.596. The van der Waals surface area contributed by atoms with Gasteiger partial charge in [0.25, 0.3) is 5.91 Å². The normalized spacial score (nSPS) is 11.8. The van der Waals surface area contributed by atoms with Gasteiger partial charge in [-0.2, -0.15) is 0 Å². The van der Waals surface area contributed by atoms with Crippen molar-refractivity contribution in [1.29, 1.82) is 0 Å². The van der Waals surface area contributed by atoms with Gasteiger partial charge in [-0.05, 0) is 36.8 Å². The van der Waals surface area contributed by atoms with E-state index in [2.05, 4.69) is 15.3 Å². The number of aromatic nitrogens is 2. The van der Waals surface area contributed by atoms with Gasteiger partial charge in [-0.25, -0.2) is 4.98 Å². The van der Waals surface area contributed by atoms with Crippen LogP contribution in [0.3, 0.4) is 0 Å². The number of nitrogens with zero attached hydrogens (tertiary/aromatic N) is 1. The van der Waals surface area contributed by atoms with Gasteiger partial charge in [0.15, 0.2) is 0 Å². The van der Waals surface area contributed by atoms with Crippen molar-refractivity contribution < 1.29 is 9.59 Å². The molecule has 3 rings (SSSR count). The van der Waals surface area contributed by atoms with E-state index in [9.17, 15) is 9.59 Å². The molecule has 126 valence electrons. The topological polar surface area (TPSA) is 74.8 Å². The Bertz CT molecular complexity index is 906. The lowest BCUT2D eigenvalue weighted by Gasteiger charge is -2.13. The van der Waals surface area contributed by atoms with E-state index in [-0.39, 0.29) is 34.1 Å². The maximum Gasteiger partial charge on any atom is 0.268 e. The van der Waals surface area contributed by atoms with E-state index in [0.29, 0.717) is 5.69 Å². The van der Waals surface area contributed by atoms with E-state index in [4.69, 9.17) is 11.6 Å². The number of rotatable bonds is 5. The van der Waals surface area contributed by atoms with Crippen molar-refractivity contribution in [2.45, 2.75) is 13.0 Å². The van der Waals surface area contributed by atoms with Gasteiger partial charge < -0.3 is 10.3 Å². The van der Waals surface area contributed by atoms with Crippen LogP contribution in [0.25, 0.3) is 0 Å². The summed E-state index contributed by atoms with van der Waals surface area (Å²) in [4.78, 5) is 31.6. The van der Waals surface area contributed by atoms with Crippen LogP contribution < -0.4 is 5.32 Å². The van der Waals surface area contributed by atoms with Gasteiger partial charge in [0.1, 0.15) is 10.8 Å². The van der Waals surface area contributed by atoms with Gasteiger partial charge in [0.2, 0.25) is 5.78 Å². The molecular formula is C19H16ClN3O2. The molecular weight excluding hydrogens is 338 g/mol. The Balaban J connectivity index is 1.74. The molecule has 0 fully saturated rings. The molecule has 1 aromatic carbocycles. The number of benzene rings is 1. The maximum absolute atomic E-state index is 12.5. The Hall–Kier alpha value is -2.92. The number of hydrogen-bond donors (Lipinski definition) is 2. The number of ketones is 1. The third-order valence-corrected chi connectivity index (χ3v) is 4.13. The molecule has 1 amide bonds. The van der Waals surface area contributed by atoms with Gasteiger partial charge in [0, 0.05) is 6.20 Å². The summed E-state index contributed by atoms with van der Waals surface area (Å²) in [5.41, 5.74) is 1.88. The SMILES string of the molecule is C[C@H](NC(=O)c1ccc(C(=O)c2cccnc2Cl)[nH]1)c1ccccc1. The van der Waals surface area contributed by atoms with Crippen LogP contribution >= 0.6 is 11.6 Å². The first-order chi connectivity index (χ1) is 12.1. The number of H-pyrrole nitrogens is 1. The highest BCUT2D eigenvalue weighted by atomic mass is 35.5. The van der Waals surface area contributed by atoms with Crippen molar-refractivity contribution in [3.63, 3.8) is 0 Å². The first kappa shape index (κ1) is 16.9. The number of hydrogen-bond acceptors (Lipinski definition) is 3. The second-order valence-electron chi connectivity index (χ2n) is 5.56. The average Bonchev–Trinajstić information content (AvgIpc) is 3.12. The second-order valence-corrected chi connectivity index (χ2v) is 5.92. The Labute approximate surface area is 150 Å². The Morgan fingerprint density at radius 2 is 1.76 bits per heavy atom. The fourth-order valence-electron chi connectivity index (χ4n) is 2.46. The molecule has 3 aromatic rings. The molecule has 0 aliphatic rings. The van der Waals surface area contributed by atoms with E-state index in [1.54, 1.807) is 24.3 Å². The van der Waals surface area contributed by atoms with Gasteiger partial charge in [0.05, 0.1) is 17.3 Å². The van der Waals surface area contributed by atoms with Crippen LogP contribution in [-0.2, 0) is 0 Å². The molecule has 0 spiro atoms. The average molecular weight is 354 g/mol. The largest absolute Gasteiger partial charge is 0.348 e. The molecule has 2 heterocycles. The molecule has 0 aliphatic heterocycles. The molecule has 5 nitrogen and oxygen atoms in total. The van der Waals surface area contributed by atoms with Crippen molar-refractivity contribution in [1.82, 2.24) is 15.3 Å². The number of nitrogens with one attached hydrogen (secondary N) is 2. The third-order valence-electron chi connectivity index (χ3n) is 3.83. The molecule has 0 aliphatic carbocycles. The number of carbonyl (C=O) groups is 2. The molecule has 2 N–H and O–H groups in total. The maximum atomic E-state index is 12.5. The molecule has 0 radical (unpaired) electrons. The van der Waals surface area contributed by atoms with Crippen LogP contribution in [0.2, 0.25) is 5.15 Å². The van der Waals surface area contributed by atoms with Crippen LogP contribution in [0.4, 0.5) is 0 Å². The minimum Gasteiger partial charge on any atom is -0.348 e. The van der Waals surface area contributed by atoms with Crippen LogP contribution in [-0.4, -0.2) is 21.7 Å². The zero-order valence-corrected chi connectivity index (χ0v) is 14.2. The van der Waals surface area contributed by atoms with Crippen LogP contribution in [0.5, 0.6) is 0 Å². The number of pyridine rings is 1. The van der Waals surface area contributed by atoms with E-state index in [1.165, 1.54) is 6.20 Å². The standard InChI is InChI=1S/C19H16ClN3O2/c1-12(13-6-3-2-4-7-13)22-19(25)16-10-9-15(23-16)17(24)14-8-5-11-21-18(14)20/h2-12,23H,1H3,(H,22,25)/t12-/m0/s1. The fraction of sp³-hybridized carbons (Fsp3) is 0.105. The zero-order valence-electron chi connectivity index (χ0n) is 13.5. The second kappa shape index (κ2) is 7.32. The summed E-state index contributed by atoms with van der Waals surface area (Å²) in [5, 5.41) is 3.03. The van der Waals surface area contributed by atoms with Crippen molar-refractivity contribution in [2.75, 3.05) is 0 Å². The molecule has 25 heavy (non-hydrogen) atoms. The first-order valence-electron chi connectivity index (χ1n) is 7.76. The minimum absolute atomic E-state index is 0.130. The number of aromatic amines is 1. The molecule has 0 unspecified atom stereocenters. The van der Waals surface area contributed by atoms with Gasteiger partial charge in [-0.15, -0.1) is 0 Å². The lowest BCUT2D eigenvalue weighted by molar-refractivity contribution is 0.0935. The lowest BCUT2D eigenvalue weighted by atomic mass is 10.1. The lowest BCUT2D eigenvalue weighted by Crippen LogP contribution is -2.27. The molecule has 1 atom stereocenters. The molecule has 0 saturated carbocycles. The van der Waals surface area contributed by atoms with Crippen LogP contribution in [0.1, 0.15) is 45.1 Å². The molecule has 0 bridgehead atoms. The van der Waals surface area contributed by atoms with Crippen molar-refractivity contribution in [3.05, 3.63) is 88.5 Å². The number of amides is 1. The highest BCUT2D eigenvalue weighted by Crippen LogP contribution is 2.17. The Morgan fingerprint density at radius 3 is 2.48 bits per heavy atom. The predicted octanol–water partition coefficient (Wildman–Crippen LogP) is 3.79. The third kappa shape index (κ3) is 3.78. The van der Waals surface area contributed by atoms with E-state index in [0.717, 1.165) is 5.56 Å². The predicted molar refractivity (Wildman–Crippen MR) is 95.8 cm³/mol. The van der Waals surface area contributed by atoms with Crippen molar-refractivity contribution in [2.24, 2.45) is 0 Å². The van der Waals surface area contributed by atoms with Crippen LogP contribution in [0.15, 0.2) is 60.8 Å². The molecule has 2 aromatic heterocycles. The highest BCUT2D eigenvalue weighted by Gasteiger charge is 2.18. The summed E-state index contributed by atoms with van der Waals surface area (Å²) < 4.78 is 0. The van der Waals surface area contributed by atoms with Gasteiger partial charge in [-0.3, -0.25) is 9.59 Å². The van der Waals surface area contributed by atoms with Crippen molar-refractivity contribution in [3.8, 4) is 0 Å². The minimum atomic E-state index is -0.312. The summed E-state index contributed by atoms with van der Waals surface area (Å²) >= 11 is 5.95. The molecule has 0 saturated heterocycles. The molecule has 6 heteroatoms. The smallest absolute Gasteiger partial charge is 0.268 e. The zero-order chi connectivity index (χ0) is 17.8. The van der Waals surface area contributed by atoms with E-state index in [1.807, 2.05) is 37.3 Å². The summed E-state index contributed by atoms with van der Waals surface area (Å²) in [7, 11) is 0. The van der Waals surface area contributed by atoms with Gasteiger partial charge in [-0.1, -0.05) is 41.9 Å². The van der Waals surface area contributed by atoms with E-state index < -0.39 is 0 Å². The summed E-state index contributed by atoms with van der Waals surface area (Å²) in [6.45, 7) is 1.90. The fourth-order valence-corrected chi connectivity index (χ4v) is 2.67. The van der Waals surface area contributed by atoms with E-state index >= 15 is 0 Å². The number of halogens is 1. The summed E-state index contributed by atoms with van der Waals surface area (Å²) in [6.07, 6.45) is 1.51. The monoisotopic (exact) mass is 353 g/mol. The Kier molecular flexibility index (Phi) is 4.95. The van der Waals surface area contributed by atoms with Crippen LogP contribution in [0, 0.1) is 0 Å². The quantitative estimate of drug-likeness (QED) is 0.541. The highest BCUT2D eigenvalue weighted by molar-refractivity contribution is 6.33. The first-order valence-corrected chi connectivity index (χ1v) is 8.14. The van der Waals surface area contributed by atoms with Gasteiger partial charge >= 0.3 is 0 Å². The summed E-state index contributed by atoms with van der Waals surface area (Å²) in [6, 6.07) is 15.9.